The maximum absolute atomic E-state index is 11.7. The van der Waals surface area contributed by atoms with Gasteiger partial charge in [-0.05, 0) is 12.1 Å². The smallest absolute Gasteiger partial charge is 0.332 e. The molecule has 0 saturated carbocycles. The Morgan fingerprint density at radius 1 is 1.53 bits per heavy atom. The largest absolute Gasteiger partial charge is 0.479 e. The van der Waals surface area contributed by atoms with Crippen LogP contribution >= 0.6 is 22.9 Å². The number of halogens is 1. The fraction of sp³-hybridized carbons (Fsp3) is 0.455. The van der Waals surface area contributed by atoms with E-state index in [-0.39, 0.29) is 19.0 Å². The van der Waals surface area contributed by atoms with Gasteiger partial charge in [-0.3, -0.25) is 0 Å². The van der Waals surface area contributed by atoms with Gasteiger partial charge in [0.05, 0.1) is 10.9 Å². The molecule has 2 amide bonds. The van der Waals surface area contributed by atoms with Crippen LogP contribution in [0.15, 0.2) is 12.1 Å². The van der Waals surface area contributed by atoms with E-state index in [0.29, 0.717) is 10.9 Å². The van der Waals surface area contributed by atoms with Crippen LogP contribution in [0.25, 0.3) is 0 Å². The standard InChI is InChI=1S/C11H15ClN2O4S/c1-14(6-7-2-3-9(12)19-7)11(18)13-5-4-8(15)10(16)17/h2-3,8,15H,4-6H2,1H3,(H,13,18)(H,16,17). The van der Waals surface area contributed by atoms with Crippen molar-refractivity contribution >= 4 is 34.9 Å². The molecule has 1 unspecified atom stereocenters. The van der Waals surface area contributed by atoms with Crippen LogP contribution in [0.5, 0.6) is 0 Å². The van der Waals surface area contributed by atoms with E-state index in [2.05, 4.69) is 5.32 Å². The number of nitrogens with one attached hydrogen (secondary N) is 1. The number of amides is 2. The molecule has 1 heterocycles. The molecule has 3 N–H and O–H groups in total. The zero-order valence-corrected chi connectivity index (χ0v) is 11.9. The number of carboxylic acids is 1. The first-order valence-electron chi connectivity index (χ1n) is 5.54. The Labute approximate surface area is 119 Å². The third-order valence-corrected chi connectivity index (χ3v) is 3.56. The molecule has 0 spiro atoms. The molecular formula is C11H15ClN2O4S. The highest BCUT2D eigenvalue weighted by atomic mass is 35.5. The molecule has 0 bridgehead atoms. The molecule has 8 heteroatoms. The predicted molar refractivity (Wildman–Crippen MR) is 72.5 cm³/mol. The van der Waals surface area contributed by atoms with Crippen LogP contribution in [-0.2, 0) is 11.3 Å². The molecule has 0 saturated heterocycles. The fourth-order valence-corrected chi connectivity index (χ4v) is 2.46. The molecule has 0 aromatic carbocycles. The summed E-state index contributed by atoms with van der Waals surface area (Å²) in [6, 6.07) is 3.27. The number of rotatable bonds is 6. The summed E-state index contributed by atoms with van der Waals surface area (Å²) in [4.78, 5) is 24.4. The van der Waals surface area contributed by atoms with Crippen LogP contribution in [-0.4, -0.2) is 46.8 Å². The molecule has 6 nitrogen and oxygen atoms in total. The van der Waals surface area contributed by atoms with Crippen molar-refractivity contribution in [1.82, 2.24) is 10.2 Å². The molecule has 0 aliphatic rings. The number of urea groups is 1. The van der Waals surface area contributed by atoms with Gasteiger partial charge in [-0.25, -0.2) is 9.59 Å². The third kappa shape index (κ3) is 5.46. The highest BCUT2D eigenvalue weighted by Crippen LogP contribution is 2.22. The van der Waals surface area contributed by atoms with Gasteiger partial charge in [0.15, 0.2) is 6.10 Å². The molecule has 1 atom stereocenters. The number of hydrogen-bond acceptors (Lipinski definition) is 4. The number of carbonyl (C=O) groups excluding carboxylic acids is 1. The summed E-state index contributed by atoms with van der Waals surface area (Å²) in [7, 11) is 1.62. The summed E-state index contributed by atoms with van der Waals surface area (Å²) < 4.78 is 0.661. The number of aliphatic hydroxyl groups is 1. The summed E-state index contributed by atoms with van der Waals surface area (Å²) in [5, 5.41) is 20.0. The maximum atomic E-state index is 11.7. The quantitative estimate of drug-likeness (QED) is 0.740. The first kappa shape index (κ1) is 15.7. The number of hydrogen-bond donors (Lipinski definition) is 3. The zero-order chi connectivity index (χ0) is 14.4. The summed E-state index contributed by atoms with van der Waals surface area (Å²) in [6.07, 6.45) is -1.48. The van der Waals surface area contributed by atoms with Crippen LogP contribution in [0.3, 0.4) is 0 Å². The summed E-state index contributed by atoms with van der Waals surface area (Å²) in [5.41, 5.74) is 0. The second kappa shape index (κ2) is 7.32. The Kier molecular flexibility index (Phi) is 6.07. The summed E-state index contributed by atoms with van der Waals surface area (Å²) in [5.74, 6) is -1.30. The van der Waals surface area contributed by atoms with Gasteiger partial charge >= 0.3 is 12.0 Å². The number of aliphatic carboxylic acids is 1. The second-order valence-electron chi connectivity index (χ2n) is 3.94. The highest BCUT2D eigenvalue weighted by molar-refractivity contribution is 7.16. The number of carbonyl (C=O) groups is 2. The van der Waals surface area contributed by atoms with Gasteiger partial charge in [-0.2, -0.15) is 0 Å². The Morgan fingerprint density at radius 2 is 2.21 bits per heavy atom. The van der Waals surface area contributed by atoms with Crippen molar-refractivity contribution in [2.24, 2.45) is 0 Å². The van der Waals surface area contributed by atoms with Crippen LogP contribution < -0.4 is 5.32 Å². The molecule has 0 aliphatic carbocycles. The average molecular weight is 307 g/mol. The normalized spacial score (nSPS) is 11.9. The Hall–Kier alpha value is -1.31. The fourth-order valence-electron chi connectivity index (χ4n) is 1.32. The van der Waals surface area contributed by atoms with E-state index in [1.54, 1.807) is 13.1 Å². The van der Waals surface area contributed by atoms with Crippen molar-refractivity contribution in [1.29, 1.82) is 0 Å². The molecule has 1 aromatic heterocycles. The minimum atomic E-state index is -1.46. The third-order valence-electron chi connectivity index (χ3n) is 2.35. The molecule has 19 heavy (non-hydrogen) atoms. The van der Waals surface area contributed by atoms with Crippen molar-refractivity contribution < 1.29 is 19.8 Å². The molecule has 0 fully saturated rings. The van der Waals surface area contributed by atoms with Crippen LogP contribution in [0.4, 0.5) is 4.79 Å². The maximum Gasteiger partial charge on any atom is 0.332 e. The second-order valence-corrected chi connectivity index (χ2v) is 5.74. The Morgan fingerprint density at radius 3 is 2.74 bits per heavy atom. The van der Waals surface area contributed by atoms with Gasteiger partial charge in [0.2, 0.25) is 0 Å². The number of carboxylic acid groups (broad SMARTS) is 1. The first-order chi connectivity index (χ1) is 8.90. The minimum absolute atomic E-state index is 0.0280. The van der Waals surface area contributed by atoms with Crippen LogP contribution in [0, 0.1) is 0 Å². The first-order valence-corrected chi connectivity index (χ1v) is 6.73. The highest BCUT2D eigenvalue weighted by Gasteiger charge is 2.14. The zero-order valence-electron chi connectivity index (χ0n) is 10.3. The van der Waals surface area contributed by atoms with E-state index in [9.17, 15) is 9.59 Å². The predicted octanol–water partition coefficient (Wildman–Crippen LogP) is 1.38. The van der Waals surface area contributed by atoms with Gasteiger partial charge in [0, 0.05) is 24.9 Å². The molecule has 1 aromatic rings. The van der Waals surface area contributed by atoms with Gasteiger partial charge in [-0.1, -0.05) is 11.6 Å². The Bertz CT molecular complexity index is 452. The molecule has 1 rings (SSSR count). The van der Waals surface area contributed by atoms with Gasteiger partial charge in [-0.15, -0.1) is 11.3 Å². The molecule has 106 valence electrons. The number of nitrogens with zero attached hydrogens (tertiary/aromatic N) is 1. The van der Waals surface area contributed by atoms with E-state index in [4.69, 9.17) is 21.8 Å². The van der Waals surface area contributed by atoms with E-state index < -0.39 is 12.1 Å². The monoisotopic (exact) mass is 306 g/mol. The van der Waals surface area contributed by atoms with Crippen molar-refractivity contribution in [3.8, 4) is 0 Å². The summed E-state index contributed by atoms with van der Waals surface area (Å²) in [6.45, 7) is 0.520. The number of thiophene rings is 1. The lowest BCUT2D eigenvalue weighted by Gasteiger charge is -2.17. The molecule has 0 aliphatic heterocycles. The lowest BCUT2D eigenvalue weighted by atomic mass is 10.2. The van der Waals surface area contributed by atoms with Gasteiger partial charge < -0.3 is 20.4 Å². The molecular weight excluding hydrogens is 292 g/mol. The minimum Gasteiger partial charge on any atom is -0.479 e. The lowest BCUT2D eigenvalue weighted by Crippen LogP contribution is -2.38. The van der Waals surface area contributed by atoms with Gasteiger partial charge in [0.25, 0.3) is 0 Å². The van der Waals surface area contributed by atoms with Crippen molar-refractivity contribution in [2.75, 3.05) is 13.6 Å². The van der Waals surface area contributed by atoms with E-state index in [1.165, 1.54) is 16.2 Å². The van der Waals surface area contributed by atoms with Gasteiger partial charge in [0.1, 0.15) is 0 Å². The van der Waals surface area contributed by atoms with E-state index in [0.717, 1.165) is 4.88 Å². The average Bonchev–Trinajstić information content (AvgIpc) is 2.74. The summed E-state index contributed by atoms with van der Waals surface area (Å²) >= 11 is 7.18. The number of aliphatic hydroxyl groups excluding tert-OH is 1. The van der Waals surface area contributed by atoms with Crippen molar-refractivity contribution in [3.63, 3.8) is 0 Å². The van der Waals surface area contributed by atoms with Crippen molar-refractivity contribution in [3.05, 3.63) is 21.3 Å². The van der Waals surface area contributed by atoms with E-state index >= 15 is 0 Å². The molecule has 0 radical (unpaired) electrons. The SMILES string of the molecule is CN(Cc1ccc(Cl)s1)C(=O)NCCC(O)C(=O)O. The van der Waals surface area contributed by atoms with Crippen LogP contribution in [0.1, 0.15) is 11.3 Å². The van der Waals surface area contributed by atoms with E-state index in [1.807, 2.05) is 6.07 Å². The van der Waals surface area contributed by atoms with Crippen molar-refractivity contribution in [2.45, 2.75) is 19.1 Å². The topological polar surface area (TPSA) is 89.9 Å². The lowest BCUT2D eigenvalue weighted by molar-refractivity contribution is -0.146. The van der Waals surface area contributed by atoms with Crippen LogP contribution in [0.2, 0.25) is 4.34 Å². The Balaban J connectivity index is 2.31.